The van der Waals surface area contributed by atoms with Crippen LogP contribution in [0.1, 0.15) is 10.4 Å². The van der Waals surface area contributed by atoms with E-state index in [1.54, 1.807) is 45.6 Å². The van der Waals surface area contributed by atoms with Gasteiger partial charge in [-0.15, -0.1) is 10.2 Å². The maximum Gasteiger partial charge on any atom is 0.204 e. The molecule has 1 aromatic heterocycles. The van der Waals surface area contributed by atoms with Crippen molar-refractivity contribution >= 4 is 28.9 Å². The zero-order valence-electron chi connectivity index (χ0n) is 19.1. The second kappa shape index (κ2) is 11.1. The number of aromatic nitrogens is 2. The second-order valence-corrected chi connectivity index (χ2v) is 8.58. The van der Waals surface area contributed by atoms with Crippen molar-refractivity contribution < 1.29 is 33.2 Å². The molecule has 0 bridgehead atoms. The summed E-state index contributed by atoms with van der Waals surface area (Å²) in [4.78, 5) is 12.9. The summed E-state index contributed by atoms with van der Waals surface area (Å²) in [6.45, 7) is 0. The van der Waals surface area contributed by atoms with Gasteiger partial charge in [0.15, 0.2) is 33.1 Å². The second-order valence-electron chi connectivity index (χ2n) is 6.38. The third kappa shape index (κ3) is 5.09. The third-order valence-corrected chi connectivity index (χ3v) is 6.76. The molecule has 0 radical (unpaired) electrons. The van der Waals surface area contributed by atoms with E-state index in [9.17, 15) is 4.79 Å². The number of hydrogen-bond donors (Lipinski definition) is 0. The van der Waals surface area contributed by atoms with Crippen LogP contribution < -0.4 is 28.4 Å². The maximum absolute atomic E-state index is 12.9. The predicted molar refractivity (Wildman–Crippen MR) is 126 cm³/mol. The minimum absolute atomic E-state index is 0.137. The van der Waals surface area contributed by atoms with E-state index in [0.29, 0.717) is 49.4 Å². The average Bonchev–Trinajstić information content (AvgIpc) is 3.34. The highest BCUT2D eigenvalue weighted by Gasteiger charge is 2.22. The van der Waals surface area contributed by atoms with Gasteiger partial charge >= 0.3 is 0 Å². The molecule has 0 spiro atoms. The zero-order chi connectivity index (χ0) is 24.0. The molecular weight excluding hydrogens is 468 g/mol. The molecule has 1 heterocycles. The van der Waals surface area contributed by atoms with Crippen LogP contribution in [0, 0.1) is 0 Å². The van der Waals surface area contributed by atoms with Crippen molar-refractivity contribution in [2.24, 2.45) is 0 Å². The molecule has 0 saturated carbocycles. The lowest BCUT2D eigenvalue weighted by Crippen LogP contribution is -2.07. The summed E-state index contributed by atoms with van der Waals surface area (Å²) in [6, 6.07) is 6.93. The highest BCUT2D eigenvalue weighted by Crippen LogP contribution is 2.43. The summed E-state index contributed by atoms with van der Waals surface area (Å²) in [5.41, 5.74) is 1.17. The number of benzene rings is 2. The molecule has 0 unspecified atom stereocenters. The molecule has 176 valence electrons. The fourth-order valence-corrected chi connectivity index (χ4v) is 4.84. The average molecular weight is 493 g/mol. The molecule has 0 aliphatic rings. The van der Waals surface area contributed by atoms with Gasteiger partial charge in [-0.2, -0.15) is 0 Å². The molecule has 2 aromatic carbocycles. The number of hydrogen-bond acceptors (Lipinski definition) is 11. The Morgan fingerprint density at radius 2 is 1.39 bits per heavy atom. The van der Waals surface area contributed by atoms with Crippen LogP contribution >= 0.6 is 23.1 Å². The number of Topliss-reactive ketones (excluding diaryl/α,β-unsaturated/α-hetero) is 1. The standard InChI is InChI=1S/C22H24N2O7S2/c1-26-15-8-7-13(18(29-4)20(15)31-6)14(25)11-32-22-24-23-21(33-22)12-9-16(27-2)19(30-5)17(10-12)28-3/h7-10H,11H2,1-6H3. The number of thioether (sulfide) groups is 1. The maximum atomic E-state index is 12.9. The van der Waals surface area contributed by atoms with Crippen LogP contribution in [0.15, 0.2) is 28.6 Å². The SMILES string of the molecule is COc1cc(-c2nnc(SCC(=O)c3ccc(OC)c(OC)c3OC)s2)cc(OC)c1OC. The lowest BCUT2D eigenvalue weighted by Gasteiger charge is -2.14. The number of carbonyl (C=O) groups excluding carboxylic acids is 1. The summed E-state index contributed by atoms with van der Waals surface area (Å²) in [6.07, 6.45) is 0. The van der Waals surface area contributed by atoms with E-state index >= 15 is 0 Å². The van der Waals surface area contributed by atoms with Crippen molar-refractivity contribution in [2.45, 2.75) is 4.34 Å². The Balaban J connectivity index is 1.79. The van der Waals surface area contributed by atoms with Crippen molar-refractivity contribution in [2.75, 3.05) is 48.4 Å². The van der Waals surface area contributed by atoms with E-state index < -0.39 is 0 Å². The molecule has 11 heteroatoms. The van der Waals surface area contributed by atoms with Gasteiger partial charge in [0.2, 0.25) is 11.5 Å². The minimum atomic E-state index is -0.137. The summed E-state index contributed by atoms with van der Waals surface area (Å²) < 4.78 is 32.9. The molecule has 0 aliphatic carbocycles. The van der Waals surface area contributed by atoms with Crippen molar-refractivity contribution in [3.05, 3.63) is 29.8 Å². The number of ketones is 1. The lowest BCUT2D eigenvalue weighted by molar-refractivity contribution is 0.101. The summed E-state index contributed by atoms with van der Waals surface area (Å²) >= 11 is 2.65. The van der Waals surface area contributed by atoms with Crippen LogP contribution in [0.5, 0.6) is 34.5 Å². The Kier molecular flexibility index (Phi) is 8.23. The molecule has 0 amide bonds. The van der Waals surface area contributed by atoms with Crippen LogP contribution in [0.2, 0.25) is 0 Å². The molecule has 0 saturated heterocycles. The van der Waals surface area contributed by atoms with Gasteiger partial charge in [-0.05, 0) is 24.3 Å². The first-order valence-electron chi connectivity index (χ1n) is 9.60. The van der Waals surface area contributed by atoms with Gasteiger partial charge in [0.05, 0.1) is 54.0 Å². The largest absolute Gasteiger partial charge is 0.493 e. The van der Waals surface area contributed by atoms with Crippen molar-refractivity contribution in [3.63, 3.8) is 0 Å². The summed E-state index contributed by atoms with van der Waals surface area (Å²) in [5, 5.41) is 9.12. The van der Waals surface area contributed by atoms with Crippen LogP contribution in [-0.4, -0.2) is 64.4 Å². The van der Waals surface area contributed by atoms with E-state index in [4.69, 9.17) is 28.4 Å². The molecular formula is C22H24N2O7S2. The van der Waals surface area contributed by atoms with E-state index in [2.05, 4.69) is 10.2 Å². The van der Waals surface area contributed by atoms with Gasteiger partial charge < -0.3 is 28.4 Å². The Bertz CT molecular complexity index is 1110. The minimum Gasteiger partial charge on any atom is -0.493 e. The predicted octanol–water partition coefficient (Wildman–Crippen LogP) is 4.23. The van der Waals surface area contributed by atoms with Crippen molar-refractivity contribution in [3.8, 4) is 45.1 Å². The van der Waals surface area contributed by atoms with E-state index in [1.807, 2.05) is 0 Å². The van der Waals surface area contributed by atoms with Crippen molar-refractivity contribution in [1.29, 1.82) is 0 Å². The summed E-state index contributed by atoms with van der Waals surface area (Å²) in [7, 11) is 9.15. The number of ether oxygens (including phenoxy) is 6. The first-order valence-corrected chi connectivity index (χ1v) is 11.4. The molecule has 0 fully saturated rings. The normalized spacial score (nSPS) is 10.5. The highest BCUT2D eigenvalue weighted by atomic mass is 32.2. The molecule has 0 atom stereocenters. The number of methoxy groups -OCH3 is 6. The van der Waals surface area contributed by atoms with Gasteiger partial charge in [-0.25, -0.2) is 0 Å². The Morgan fingerprint density at radius 1 is 0.788 bits per heavy atom. The molecule has 3 rings (SSSR count). The fourth-order valence-electron chi connectivity index (χ4n) is 3.12. The molecule has 9 nitrogen and oxygen atoms in total. The Hall–Kier alpha value is -3.18. The fraction of sp³-hybridized carbons (Fsp3) is 0.318. The number of rotatable bonds is 11. The van der Waals surface area contributed by atoms with Gasteiger partial charge in [0.1, 0.15) is 5.01 Å². The van der Waals surface area contributed by atoms with E-state index in [1.165, 1.54) is 44.4 Å². The van der Waals surface area contributed by atoms with Crippen LogP contribution in [0.3, 0.4) is 0 Å². The van der Waals surface area contributed by atoms with Gasteiger partial charge in [0, 0.05) is 5.56 Å². The lowest BCUT2D eigenvalue weighted by atomic mass is 10.1. The summed E-state index contributed by atoms with van der Waals surface area (Å²) in [5.74, 6) is 2.74. The van der Waals surface area contributed by atoms with Gasteiger partial charge in [-0.1, -0.05) is 23.1 Å². The smallest absolute Gasteiger partial charge is 0.204 e. The Morgan fingerprint density at radius 3 is 1.94 bits per heavy atom. The Labute approximate surface area is 199 Å². The first kappa shape index (κ1) is 24.5. The number of carbonyl (C=O) groups is 1. The van der Waals surface area contributed by atoms with Crippen LogP contribution in [-0.2, 0) is 0 Å². The first-order chi connectivity index (χ1) is 16.0. The van der Waals surface area contributed by atoms with Crippen molar-refractivity contribution in [1.82, 2.24) is 10.2 Å². The highest BCUT2D eigenvalue weighted by molar-refractivity contribution is 8.01. The van der Waals surface area contributed by atoms with E-state index in [-0.39, 0.29) is 11.5 Å². The monoisotopic (exact) mass is 492 g/mol. The van der Waals surface area contributed by atoms with E-state index in [0.717, 1.165) is 5.56 Å². The molecule has 0 aliphatic heterocycles. The molecule has 3 aromatic rings. The van der Waals surface area contributed by atoms with Gasteiger partial charge in [-0.3, -0.25) is 4.79 Å². The van der Waals surface area contributed by atoms with Crippen LogP contribution in [0.4, 0.5) is 0 Å². The molecule has 0 N–H and O–H groups in total. The topological polar surface area (TPSA) is 98.2 Å². The van der Waals surface area contributed by atoms with Gasteiger partial charge in [0.25, 0.3) is 0 Å². The zero-order valence-corrected chi connectivity index (χ0v) is 20.7. The number of nitrogens with zero attached hydrogens (tertiary/aromatic N) is 2. The quantitative estimate of drug-likeness (QED) is 0.286. The van der Waals surface area contributed by atoms with Crippen LogP contribution in [0.25, 0.3) is 10.6 Å². The third-order valence-electron chi connectivity index (χ3n) is 4.65. The molecule has 33 heavy (non-hydrogen) atoms.